The molecule has 0 spiro atoms. The van der Waals surface area contributed by atoms with Gasteiger partial charge in [0.15, 0.2) is 0 Å². The summed E-state index contributed by atoms with van der Waals surface area (Å²) in [6.45, 7) is 3.53. The van der Waals surface area contributed by atoms with Crippen LogP contribution in [0.2, 0.25) is 0 Å². The molecule has 3 rings (SSSR count). The minimum atomic E-state index is 0.489. The number of benzene rings is 1. The maximum Gasteiger partial charge on any atom is 0.0240 e. The van der Waals surface area contributed by atoms with Crippen molar-refractivity contribution in [1.29, 1.82) is 0 Å². The molecule has 0 radical (unpaired) electrons. The van der Waals surface area contributed by atoms with Crippen molar-refractivity contribution >= 4 is 12.6 Å². The normalized spacial score (nSPS) is 22.9. The van der Waals surface area contributed by atoms with Crippen molar-refractivity contribution in [2.45, 2.75) is 45.2 Å². The van der Waals surface area contributed by atoms with Gasteiger partial charge in [0.05, 0.1) is 0 Å². The number of hydrogen-bond acceptors (Lipinski definition) is 2. The lowest BCUT2D eigenvalue weighted by Gasteiger charge is -2.39. The van der Waals surface area contributed by atoms with Crippen LogP contribution in [0.3, 0.4) is 0 Å². The van der Waals surface area contributed by atoms with E-state index in [-0.39, 0.29) is 0 Å². The van der Waals surface area contributed by atoms with Gasteiger partial charge < -0.3 is 0 Å². The van der Waals surface area contributed by atoms with E-state index in [4.69, 9.17) is 0 Å². The molecule has 1 aliphatic heterocycles. The van der Waals surface area contributed by atoms with Crippen LogP contribution in [0.25, 0.3) is 0 Å². The van der Waals surface area contributed by atoms with E-state index in [0.717, 1.165) is 18.8 Å². The summed E-state index contributed by atoms with van der Waals surface area (Å²) in [6, 6.07) is 8.89. The highest BCUT2D eigenvalue weighted by atomic mass is 32.1. The third-order valence-corrected chi connectivity index (χ3v) is 5.39. The summed E-state index contributed by atoms with van der Waals surface area (Å²) in [6.07, 6.45) is 6.99. The molecule has 0 bridgehead atoms. The zero-order valence-electron chi connectivity index (χ0n) is 11.1. The third-order valence-electron chi connectivity index (χ3n) is 4.71. The Morgan fingerprint density at radius 1 is 1.00 bits per heavy atom. The zero-order chi connectivity index (χ0) is 12.4. The molecule has 1 nitrogen and oxygen atoms in total. The standard InChI is InChI=1S/C16H23NS/c18-13-16(8-4-1-5-9-16)12-17-10-14-6-2-3-7-15(14)11-17/h2-3,6-7,18H,1,4-5,8-13H2. The lowest BCUT2D eigenvalue weighted by atomic mass is 9.75. The molecule has 0 N–H and O–H groups in total. The van der Waals surface area contributed by atoms with Crippen LogP contribution in [0.15, 0.2) is 24.3 Å². The van der Waals surface area contributed by atoms with Gasteiger partial charge >= 0.3 is 0 Å². The molecule has 0 aromatic heterocycles. The first kappa shape index (κ1) is 12.6. The molecule has 1 aromatic rings. The fourth-order valence-corrected chi connectivity index (χ4v) is 4.07. The van der Waals surface area contributed by atoms with Crippen LogP contribution in [0.4, 0.5) is 0 Å². The van der Waals surface area contributed by atoms with Gasteiger partial charge in [-0.05, 0) is 35.1 Å². The minimum absolute atomic E-state index is 0.489. The highest BCUT2D eigenvalue weighted by Crippen LogP contribution is 2.39. The molecule has 1 aromatic carbocycles. The highest BCUT2D eigenvalue weighted by molar-refractivity contribution is 7.80. The number of rotatable bonds is 3. The van der Waals surface area contributed by atoms with Crippen molar-refractivity contribution in [3.8, 4) is 0 Å². The highest BCUT2D eigenvalue weighted by Gasteiger charge is 2.34. The average Bonchev–Trinajstić information content (AvgIpc) is 2.81. The van der Waals surface area contributed by atoms with Crippen LogP contribution in [0.5, 0.6) is 0 Å². The predicted molar refractivity (Wildman–Crippen MR) is 79.9 cm³/mol. The molecule has 1 heterocycles. The molecule has 2 heteroatoms. The van der Waals surface area contributed by atoms with Crippen molar-refractivity contribution in [2.75, 3.05) is 12.3 Å². The van der Waals surface area contributed by atoms with Crippen molar-refractivity contribution in [3.05, 3.63) is 35.4 Å². The van der Waals surface area contributed by atoms with Gasteiger partial charge in [-0.2, -0.15) is 12.6 Å². The van der Waals surface area contributed by atoms with Crippen LogP contribution in [0, 0.1) is 5.41 Å². The van der Waals surface area contributed by atoms with Gasteiger partial charge in [0, 0.05) is 19.6 Å². The molecular weight excluding hydrogens is 238 g/mol. The molecule has 0 atom stereocenters. The van der Waals surface area contributed by atoms with Crippen molar-refractivity contribution in [3.63, 3.8) is 0 Å². The Hall–Kier alpha value is -0.470. The largest absolute Gasteiger partial charge is 0.294 e. The Kier molecular flexibility index (Phi) is 3.67. The number of fused-ring (bicyclic) bond motifs is 1. The van der Waals surface area contributed by atoms with Crippen LogP contribution in [0.1, 0.15) is 43.2 Å². The molecule has 98 valence electrons. The predicted octanol–water partition coefficient (Wildman–Crippen LogP) is 3.88. The van der Waals surface area contributed by atoms with Gasteiger partial charge in [-0.1, -0.05) is 43.5 Å². The topological polar surface area (TPSA) is 3.24 Å². The lowest BCUT2D eigenvalue weighted by molar-refractivity contribution is 0.125. The maximum absolute atomic E-state index is 4.66. The lowest BCUT2D eigenvalue weighted by Crippen LogP contribution is -2.38. The monoisotopic (exact) mass is 261 g/mol. The van der Waals surface area contributed by atoms with E-state index in [2.05, 4.69) is 41.8 Å². The van der Waals surface area contributed by atoms with Crippen molar-refractivity contribution in [1.82, 2.24) is 4.90 Å². The molecule has 0 saturated heterocycles. The smallest absolute Gasteiger partial charge is 0.0240 e. The summed E-state index contributed by atoms with van der Waals surface area (Å²) < 4.78 is 0. The van der Waals surface area contributed by atoms with E-state index in [0.29, 0.717) is 5.41 Å². The molecule has 2 aliphatic rings. The van der Waals surface area contributed by atoms with Gasteiger partial charge in [0.1, 0.15) is 0 Å². The van der Waals surface area contributed by atoms with E-state index in [9.17, 15) is 0 Å². The van der Waals surface area contributed by atoms with E-state index >= 15 is 0 Å². The molecule has 1 saturated carbocycles. The first-order valence-electron chi connectivity index (χ1n) is 7.21. The quantitative estimate of drug-likeness (QED) is 0.808. The Morgan fingerprint density at radius 2 is 1.61 bits per heavy atom. The molecule has 0 unspecified atom stereocenters. The first-order valence-corrected chi connectivity index (χ1v) is 7.85. The fraction of sp³-hybridized carbons (Fsp3) is 0.625. The molecular formula is C16H23NS. The van der Waals surface area contributed by atoms with Gasteiger partial charge in [-0.3, -0.25) is 4.90 Å². The fourth-order valence-electron chi connectivity index (χ4n) is 3.66. The second kappa shape index (κ2) is 5.26. The van der Waals surface area contributed by atoms with Gasteiger partial charge in [-0.25, -0.2) is 0 Å². The number of thiol groups is 1. The van der Waals surface area contributed by atoms with Crippen LogP contribution in [-0.4, -0.2) is 17.2 Å². The Morgan fingerprint density at radius 3 is 2.17 bits per heavy atom. The third kappa shape index (κ3) is 2.46. The van der Waals surface area contributed by atoms with Crippen molar-refractivity contribution < 1.29 is 0 Å². The summed E-state index contributed by atoms with van der Waals surface area (Å²) in [5, 5.41) is 0. The number of nitrogens with zero attached hydrogens (tertiary/aromatic N) is 1. The Balaban J connectivity index is 1.67. The van der Waals surface area contributed by atoms with Crippen LogP contribution >= 0.6 is 12.6 Å². The van der Waals surface area contributed by atoms with Crippen molar-refractivity contribution in [2.24, 2.45) is 5.41 Å². The second-order valence-electron chi connectivity index (χ2n) is 6.13. The summed E-state index contributed by atoms with van der Waals surface area (Å²) in [5.41, 5.74) is 3.55. The van der Waals surface area contributed by atoms with E-state index in [1.807, 2.05) is 0 Å². The number of hydrogen-bond donors (Lipinski definition) is 1. The molecule has 1 aliphatic carbocycles. The average molecular weight is 261 g/mol. The Bertz CT molecular complexity index is 384. The Labute approximate surface area is 116 Å². The summed E-state index contributed by atoms with van der Waals surface area (Å²) >= 11 is 4.66. The van der Waals surface area contributed by atoms with Gasteiger partial charge in [0.2, 0.25) is 0 Å². The molecule has 0 amide bonds. The maximum atomic E-state index is 4.66. The zero-order valence-corrected chi connectivity index (χ0v) is 12.0. The molecule has 1 fully saturated rings. The van der Waals surface area contributed by atoms with Gasteiger partial charge in [-0.15, -0.1) is 0 Å². The van der Waals surface area contributed by atoms with E-state index in [1.165, 1.54) is 49.8 Å². The minimum Gasteiger partial charge on any atom is -0.294 e. The summed E-state index contributed by atoms with van der Waals surface area (Å²) in [7, 11) is 0. The van der Waals surface area contributed by atoms with Crippen LogP contribution in [-0.2, 0) is 13.1 Å². The first-order chi connectivity index (χ1) is 8.81. The second-order valence-corrected chi connectivity index (χ2v) is 6.45. The molecule has 18 heavy (non-hydrogen) atoms. The summed E-state index contributed by atoms with van der Waals surface area (Å²) in [5.74, 6) is 1.06. The van der Waals surface area contributed by atoms with E-state index < -0.39 is 0 Å². The summed E-state index contributed by atoms with van der Waals surface area (Å²) in [4.78, 5) is 2.63. The van der Waals surface area contributed by atoms with Gasteiger partial charge in [0.25, 0.3) is 0 Å². The SMILES string of the molecule is SCC1(CN2Cc3ccccc3C2)CCCCC1. The van der Waals surface area contributed by atoms with E-state index in [1.54, 1.807) is 0 Å². The van der Waals surface area contributed by atoms with Crippen LogP contribution < -0.4 is 0 Å².